The zero-order valence-corrected chi connectivity index (χ0v) is 13.6. The van der Waals surface area contributed by atoms with Crippen molar-refractivity contribution in [2.45, 2.75) is 51.0 Å². The van der Waals surface area contributed by atoms with Gasteiger partial charge in [0.15, 0.2) is 5.78 Å². The minimum atomic E-state index is -3.52. The number of nitrogens with one attached hydrogen (secondary N) is 1. The zero-order chi connectivity index (χ0) is 15.6. The van der Waals surface area contributed by atoms with Gasteiger partial charge in [-0.25, -0.2) is 13.1 Å². The number of Topliss-reactive ketones (excluding diaryl/α,β-unsaturated/α-hetero) is 1. The molecule has 0 unspecified atom stereocenters. The fraction of sp³-hybridized carbons (Fsp3) is 0.562. The van der Waals surface area contributed by atoms with Gasteiger partial charge in [0.25, 0.3) is 0 Å². The van der Waals surface area contributed by atoms with Gasteiger partial charge < -0.3 is 0 Å². The molecule has 0 amide bonds. The smallest absolute Gasteiger partial charge is 0.240 e. The first-order chi connectivity index (χ1) is 9.81. The topological polar surface area (TPSA) is 63.2 Å². The van der Waals surface area contributed by atoms with Crippen molar-refractivity contribution < 1.29 is 13.2 Å². The maximum absolute atomic E-state index is 12.4. The molecule has 0 saturated heterocycles. The maximum atomic E-state index is 12.4. The van der Waals surface area contributed by atoms with Crippen LogP contribution in [0.3, 0.4) is 0 Å². The molecule has 0 spiro atoms. The molecule has 1 aromatic rings. The number of benzene rings is 1. The third-order valence-corrected chi connectivity index (χ3v) is 6.09. The van der Waals surface area contributed by atoms with E-state index in [4.69, 9.17) is 0 Å². The molecule has 0 bridgehead atoms. The molecule has 0 radical (unpaired) electrons. The van der Waals surface area contributed by atoms with Crippen molar-refractivity contribution in [1.29, 1.82) is 0 Å². The number of rotatable bonds is 4. The molecule has 1 N–H and O–H groups in total. The number of carbonyl (C=O) groups is 1. The first kappa shape index (κ1) is 16.2. The third-order valence-electron chi connectivity index (χ3n) is 4.58. The van der Waals surface area contributed by atoms with Crippen LogP contribution in [-0.4, -0.2) is 20.2 Å². The van der Waals surface area contributed by atoms with Gasteiger partial charge in [-0.05, 0) is 37.3 Å². The molecule has 0 heterocycles. The molecular weight excluding hydrogens is 286 g/mol. The highest BCUT2D eigenvalue weighted by molar-refractivity contribution is 7.89. The Kier molecular flexibility index (Phi) is 4.84. The summed E-state index contributed by atoms with van der Waals surface area (Å²) < 4.78 is 27.7. The second-order valence-electron chi connectivity index (χ2n) is 6.08. The highest BCUT2D eigenvalue weighted by atomic mass is 32.2. The molecule has 0 aliphatic heterocycles. The minimum absolute atomic E-state index is 0.00812. The Hall–Kier alpha value is -1.20. The van der Waals surface area contributed by atoms with Gasteiger partial charge in [-0.15, -0.1) is 0 Å². The van der Waals surface area contributed by atoms with Crippen molar-refractivity contribution in [2.75, 3.05) is 0 Å². The average molecular weight is 309 g/mol. The van der Waals surface area contributed by atoms with Crippen molar-refractivity contribution >= 4 is 15.8 Å². The lowest BCUT2D eigenvalue weighted by Gasteiger charge is -2.34. The summed E-state index contributed by atoms with van der Waals surface area (Å²) in [6, 6.07) is 6.10. The number of ketones is 1. The summed E-state index contributed by atoms with van der Waals surface area (Å²) in [4.78, 5) is 11.5. The Morgan fingerprint density at radius 1 is 1.14 bits per heavy atom. The number of hydrogen-bond acceptors (Lipinski definition) is 3. The van der Waals surface area contributed by atoms with Crippen LogP contribution in [0.15, 0.2) is 29.2 Å². The minimum Gasteiger partial charge on any atom is -0.295 e. The van der Waals surface area contributed by atoms with E-state index in [-0.39, 0.29) is 16.7 Å². The molecule has 1 aromatic carbocycles. The average Bonchev–Trinajstić information content (AvgIpc) is 2.44. The van der Waals surface area contributed by atoms with Crippen molar-refractivity contribution in [2.24, 2.45) is 11.8 Å². The first-order valence-electron chi connectivity index (χ1n) is 7.44. The Balaban J connectivity index is 2.16. The van der Waals surface area contributed by atoms with E-state index < -0.39 is 10.0 Å². The number of hydrogen-bond donors (Lipinski definition) is 1. The van der Waals surface area contributed by atoms with Crippen LogP contribution < -0.4 is 4.72 Å². The molecule has 116 valence electrons. The second-order valence-corrected chi connectivity index (χ2v) is 7.79. The quantitative estimate of drug-likeness (QED) is 0.870. The second kappa shape index (κ2) is 6.28. The maximum Gasteiger partial charge on any atom is 0.240 e. The van der Waals surface area contributed by atoms with Gasteiger partial charge in [-0.3, -0.25) is 4.79 Å². The van der Waals surface area contributed by atoms with Crippen LogP contribution in [0.1, 0.15) is 50.4 Å². The van der Waals surface area contributed by atoms with E-state index >= 15 is 0 Å². The molecule has 2 rings (SSSR count). The van der Waals surface area contributed by atoms with E-state index in [2.05, 4.69) is 18.6 Å². The fourth-order valence-corrected chi connectivity index (χ4v) is 4.25. The Morgan fingerprint density at radius 2 is 1.76 bits per heavy atom. The van der Waals surface area contributed by atoms with Crippen LogP contribution >= 0.6 is 0 Å². The fourth-order valence-electron chi connectivity index (χ4n) is 2.88. The largest absolute Gasteiger partial charge is 0.295 e. The van der Waals surface area contributed by atoms with Crippen LogP contribution in [0, 0.1) is 11.8 Å². The van der Waals surface area contributed by atoms with Crippen LogP contribution in [-0.2, 0) is 10.0 Å². The van der Waals surface area contributed by atoms with E-state index in [0.29, 0.717) is 17.4 Å². The van der Waals surface area contributed by atoms with Crippen molar-refractivity contribution in [3.05, 3.63) is 29.8 Å². The van der Waals surface area contributed by atoms with Crippen LogP contribution in [0.5, 0.6) is 0 Å². The Bertz CT molecular complexity index is 607. The van der Waals surface area contributed by atoms with E-state index in [1.54, 1.807) is 12.1 Å². The van der Waals surface area contributed by atoms with E-state index in [1.165, 1.54) is 19.1 Å². The van der Waals surface area contributed by atoms with E-state index in [9.17, 15) is 13.2 Å². The highest BCUT2D eigenvalue weighted by Crippen LogP contribution is 2.30. The predicted octanol–water partition coefficient (Wildman–Crippen LogP) is 2.99. The number of sulfonamides is 1. The SMILES string of the molecule is CC(=O)c1ccc(S(=O)(=O)N[C@H]2CCC[C@@H](C)[C@H]2C)cc1. The van der Waals surface area contributed by atoms with Gasteiger partial charge in [0.2, 0.25) is 10.0 Å². The van der Waals surface area contributed by atoms with Crippen LogP contribution in [0.2, 0.25) is 0 Å². The normalized spacial score (nSPS) is 26.5. The predicted molar refractivity (Wildman–Crippen MR) is 82.7 cm³/mol. The Labute approximate surface area is 127 Å². The van der Waals surface area contributed by atoms with Gasteiger partial charge in [0, 0.05) is 11.6 Å². The molecule has 21 heavy (non-hydrogen) atoms. The summed E-state index contributed by atoms with van der Waals surface area (Å²) in [5, 5.41) is 0. The van der Waals surface area contributed by atoms with Crippen molar-refractivity contribution in [3.8, 4) is 0 Å². The first-order valence-corrected chi connectivity index (χ1v) is 8.93. The summed E-state index contributed by atoms with van der Waals surface area (Å²) >= 11 is 0. The lowest BCUT2D eigenvalue weighted by atomic mass is 9.78. The van der Waals surface area contributed by atoms with Crippen molar-refractivity contribution in [1.82, 2.24) is 4.72 Å². The van der Waals surface area contributed by atoms with Gasteiger partial charge >= 0.3 is 0 Å². The summed E-state index contributed by atoms with van der Waals surface area (Å²) in [5.74, 6) is 0.804. The van der Waals surface area contributed by atoms with E-state index in [0.717, 1.165) is 19.3 Å². The van der Waals surface area contributed by atoms with Gasteiger partial charge in [-0.1, -0.05) is 38.8 Å². The summed E-state index contributed by atoms with van der Waals surface area (Å²) in [6.45, 7) is 5.75. The summed E-state index contributed by atoms with van der Waals surface area (Å²) in [6.07, 6.45) is 3.10. The summed E-state index contributed by atoms with van der Waals surface area (Å²) in [5.41, 5.74) is 0.522. The molecule has 1 aliphatic carbocycles. The summed E-state index contributed by atoms with van der Waals surface area (Å²) in [7, 11) is -3.52. The Morgan fingerprint density at radius 3 is 2.33 bits per heavy atom. The molecule has 1 aliphatic rings. The standard InChI is InChI=1S/C16H23NO3S/c1-11-5-4-6-16(12(11)2)17-21(19,20)15-9-7-14(8-10-15)13(3)18/h7-12,16-17H,4-6H2,1-3H3/t11-,12-,16+/m1/s1. The lowest BCUT2D eigenvalue weighted by molar-refractivity contribution is 0.101. The molecule has 4 nitrogen and oxygen atoms in total. The molecule has 0 aromatic heterocycles. The van der Waals surface area contributed by atoms with Gasteiger partial charge in [-0.2, -0.15) is 0 Å². The lowest BCUT2D eigenvalue weighted by Crippen LogP contribution is -2.43. The van der Waals surface area contributed by atoms with Gasteiger partial charge in [0.05, 0.1) is 4.90 Å². The van der Waals surface area contributed by atoms with Crippen LogP contribution in [0.25, 0.3) is 0 Å². The zero-order valence-electron chi connectivity index (χ0n) is 12.8. The van der Waals surface area contributed by atoms with Crippen LogP contribution in [0.4, 0.5) is 0 Å². The molecular formula is C16H23NO3S. The molecule has 1 saturated carbocycles. The highest BCUT2D eigenvalue weighted by Gasteiger charge is 2.30. The molecule has 1 fully saturated rings. The monoisotopic (exact) mass is 309 g/mol. The number of carbonyl (C=O) groups excluding carboxylic acids is 1. The molecule has 3 atom stereocenters. The van der Waals surface area contributed by atoms with E-state index in [1.807, 2.05) is 0 Å². The van der Waals surface area contributed by atoms with Gasteiger partial charge in [0.1, 0.15) is 0 Å². The third kappa shape index (κ3) is 3.71. The van der Waals surface area contributed by atoms with Crippen molar-refractivity contribution in [3.63, 3.8) is 0 Å². The molecule has 5 heteroatoms.